The van der Waals surface area contributed by atoms with Crippen molar-refractivity contribution in [3.63, 3.8) is 0 Å². The van der Waals surface area contributed by atoms with Crippen LogP contribution in [0.1, 0.15) is 26.6 Å². The molecule has 0 aliphatic carbocycles. The molecule has 0 saturated heterocycles. The fourth-order valence-corrected chi connectivity index (χ4v) is 1.79. The molecule has 1 aromatic carbocycles. The summed E-state index contributed by atoms with van der Waals surface area (Å²) in [6.45, 7) is 6.06. The van der Waals surface area contributed by atoms with Crippen molar-refractivity contribution in [3.05, 3.63) is 41.2 Å². The van der Waals surface area contributed by atoms with Gasteiger partial charge in [-0.1, -0.05) is 20.8 Å². The van der Waals surface area contributed by atoms with Crippen molar-refractivity contribution < 1.29 is 4.39 Å². The minimum Gasteiger partial charge on any atom is -0.269 e. The van der Waals surface area contributed by atoms with Crippen LogP contribution in [0.2, 0.25) is 5.28 Å². The molecule has 0 aliphatic heterocycles. The topological polar surface area (TPSA) is 30.7 Å². The Morgan fingerprint density at radius 3 is 2.24 bits per heavy atom. The number of halogens is 2. The van der Waals surface area contributed by atoms with Crippen LogP contribution in [-0.4, -0.2) is 14.8 Å². The summed E-state index contributed by atoms with van der Waals surface area (Å²) in [5, 5.41) is 8.22. The van der Waals surface area contributed by atoms with Crippen molar-refractivity contribution in [2.75, 3.05) is 0 Å². The van der Waals surface area contributed by atoms with Gasteiger partial charge in [0, 0.05) is 11.1 Å². The Labute approximate surface area is 104 Å². The van der Waals surface area contributed by atoms with Crippen molar-refractivity contribution in [2.45, 2.75) is 26.2 Å². The monoisotopic (exact) mass is 253 g/mol. The Hall–Kier alpha value is -1.42. The second-order valence-electron chi connectivity index (χ2n) is 4.85. The molecule has 0 unspecified atom stereocenters. The summed E-state index contributed by atoms with van der Waals surface area (Å²) in [5.74, 6) is 0.462. The molecular formula is C12H13ClFN3. The standard InChI is InChI=1S/C12H13ClFN3/c1-12(2,3)10-15-16-11(13)17(10)9-6-4-8(14)5-7-9/h4-7H,1-3H3. The summed E-state index contributed by atoms with van der Waals surface area (Å²) >= 11 is 6.02. The van der Waals surface area contributed by atoms with Gasteiger partial charge in [-0.3, -0.25) is 4.57 Å². The molecule has 0 amide bonds. The lowest BCUT2D eigenvalue weighted by Crippen LogP contribution is -2.18. The Bertz CT molecular complexity index is 526. The third-order valence-electron chi connectivity index (χ3n) is 2.38. The van der Waals surface area contributed by atoms with Crippen LogP contribution in [0.5, 0.6) is 0 Å². The largest absolute Gasteiger partial charge is 0.269 e. The highest BCUT2D eigenvalue weighted by Gasteiger charge is 2.24. The molecule has 5 heteroatoms. The normalized spacial score (nSPS) is 11.8. The van der Waals surface area contributed by atoms with Crippen molar-refractivity contribution in [3.8, 4) is 5.69 Å². The molecule has 0 atom stereocenters. The predicted octanol–water partition coefficient (Wildman–Crippen LogP) is 3.36. The van der Waals surface area contributed by atoms with E-state index < -0.39 is 0 Å². The van der Waals surface area contributed by atoms with E-state index in [9.17, 15) is 4.39 Å². The van der Waals surface area contributed by atoms with Gasteiger partial charge in [-0.05, 0) is 35.9 Å². The maximum absolute atomic E-state index is 12.9. The highest BCUT2D eigenvalue weighted by atomic mass is 35.5. The van der Waals surface area contributed by atoms with Crippen LogP contribution in [-0.2, 0) is 5.41 Å². The fraction of sp³-hybridized carbons (Fsp3) is 0.333. The molecule has 0 aliphatic rings. The number of aromatic nitrogens is 3. The van der Waals surface area contributed by atoms with Crippen LogP contribution in [0.15, 0.2) is 24.3 Å². The Morgan fingerprint density at radius 2 is 1.71 bits per heavy atom. The van der Waals surface area contributed by atoms with Gasteiger partial charge < -0.3 is 0 Å². The second-order valence-corrected chi connectivity index (χ2v) is 5.19. The number of rotatable bonds is 1. The summed E-state index contributed by atoms with van der Waals surface area (Å²) in [6.07, 6.45) is 0. The molecule has 0 radical (unpaired) electrons. The van der Waals surface area contributed by atoms with Gasteiger partial charge >= 0.3 is 0 Å². The average molecular weight is 254 g/mol. The highest BCUT2D eigenvalue weighted by molar-refractivity contribution is 6.28. The summed E-state index contributed by atoms with van der Waals surface area (Å²) < 4.78 is 14.6. The molecule has 0 fully saturated rings. The lowest BCUT2D eigenvalue weighted by molar-refractivity contribution is 0.533. The minimum absolute atomic E-state index is 0.186. The van der Waals surface area contributed by atoms with Crippen molar-refractivity contribution >= 4 is 11.6 Å². The molecule has 0 N–H and O–H groups in total. The van der Waals surface area contributed by atoms with Crippen LogP contribution >= 0.6 is 11.6 Å². The fourth-order valence-electron chi connectivity index (χ4n) is 1.57. The molecule has 1 heterocycles. The first-order valence-electron chi connectivity index (χ1n) is 5.27. The van der Waals surface area contributed by atoms with Crippen LogP contribution in [0.3, 0.4) is 0 Å². The summed E-state index contributed by atoms with van der Waals surface area (Å²) in [5.41, 5.74) is 0.570. The first-order valence-corrected chi connectivity index (χ1v) is 5.65. The quantitative estimate of drug-likeness (QED) is 0.780. The first kappa shape index (κ1) is 12.0. The van der Waals surface area contributed by atoms with E-state index >= 15 is 0 Å². The minimum atomic E-state index is -0.282. The van der Waals surface area contributed by atoms with Crippen LogP contribution < -0.4 is 0 Å². The zero-order valence-electron chi connectivity index (χ0n) is 9.91. The van der Waals surface area contributed by atoms with Gasteiger partial charge in [-0.15, -0.1) is 10.2 Å². The molecule has 90 valence electrons. The van der Waals surface area contributed by atoms with Gasteiger partial charge in [-0.25, -0.2) is 4.39 Å². The lowest BCUT2D eigenvalue weighted by Gasteiger charge is -2.18. The van der Waals surface area contributed by atoms with E-state index in [0.717, 1.165) is 11.5 Å². The van der Waals surface area contributed by atoms with E-state index in [1.54, 1.807) is 16.7 Å². The van der Waals surface area contributed by atoms with Gasteiger partial charge in [0.15, 0.2) is 0 Å². The van der Waals surface area contributed by atoms with E-state index in [0.29, 0.717) is 0 Å². The Morgan fingerprint density at radius 1 is 1.12 bits per heavy atom. The van der Waals surface area contributed by atoms with E-state index in [-0.39, 0.29) is 16.5 Å². The van der Waals surface area contributed by atoms with Crippen molar-refractivity contribution in [1.29, 1.82) is 0 Å². The summed E-state index contributed by atoms with van der Waals surface area (Å²) in [7, 11) is 0. The summed E-state index contributed by atoms with van der Waals surface area (Å²) in [4.78, 5) is 0. The molecule has 0 spiro atoms. The van der Waals surface area contributed by atoms with Gasteiger partial charge in [0.2, 0.25) is 5.28 Å². The van der Waals surface area contributed by atoms with Gasteiger partial charge in [0.1, 0.15) is 11.6 Å². The molecule has 3 nitrogen and oxygen atoms in total. The smallest absolute Gasteiger partial charge is 0.229 e. The van der Waals surface area contributed by atoms with Gasteiger partial charge in [0.25, 0.3) is 0 Å². The average Bonchev–Trinajstić information content (AvgIpc) is 2.61. The number of hydrogen-bond donors (Lipinski definition) is 0. The third-order valence-corrected chi connectivity index (χ3v) is 2.62. The molecule has 17 heavy (non-hydrogen) atoms. The molecule has 0 saturated carbocycles. The van der Waals surface area contributed by atoms with E-state index in [4.69, 9.17) is 11.6 Å². The van der Waals surface area contributed by atoms with Gasteiger partial charge in [-0.2, -0.15) is 0 Å². The van der Waals surface area contributed by atoms with Crippen LogP contribution in [0.25, 0.3) is 5.69 Å². The number of nitrogens with zero attached hydrogens (tertiary/aromatic N) is 3. The maximum Gasteiger partial charge on any atom is 0.229 e. The summed E-state index contributed by atoms with van der Waals surface area (Å²) in [6, 6.07) is 6.08. The third kappa shape index (κ3) is 2.31. The molecule has 2 aromatic rings. The molecule has 2 rings (SSSR count). The lowest BCUT2D eigenvalue weighted by atomic mass is 9.95. The first-order chi connectivity index (χ1) is 7.89. The predicted molar refractivity (Wildman–Crippen MR) is 65.0 cm³/mol. The van der Waals surface area contributed by atoms with Crippen LogP contribution in [0, 0.1) is 5.82 Å². The number of benzene rings is 1. The van der Waals surface area contributed by atoms with Crippen molar-refractivity contribution in [2.24, 2.45) is 0 Å². The van der Waals surface area contributed by atoms with Crippen molar-refractivity contribution in [1.82, 2.24) is 14.8 Å². The maximum atomic E-state index is 12.9. The molecule has 1 aromatic heterocycles. The van der Waals surface area contributed by atoms with E-state index in [2.05, 4.69) is 10.2 Å². The van der Waals surface area contributed by atoms with Gasteiger partial charge in [0.05, 0.1) is 0 Å². The van der Waals surface area contributed by atoms with E-state index in [1.807, 2.05) is 20.8 Å². The number of hydrogen-bond acceptors (Lipinski definition) is 2. The zero-order chi connectivity index (χ0) is 12.6. The molecular weight excluding hydrogens is 241 g/mol. The Kier molecular flexibility index (Phi) is 2.91. The SMILES string of the molecule is CC(C)(C)c1nnc(Cl)n1-c1ccc(F)cc1. The zero-order valence-corrected chi connectivity index (χ0v) is 10.7. The second kappa shape index (κ2) is 4.11. The molecule has 0 bridgehead atoms. The highest BCUT2D eigenvalue weighted by Crippen LogP contribution is 2.26. The van der Waals surface area contributed by atoms with Crippen LogP contribution in [0.4, 0.5) is 4.39 Å². The Balaban J connectivity index is 2.59. The van der Waals surface area contributed by atoms with E-state index in [1.165, 1.54) is 12.1 Å².